The molecule has 1 aliphatic rings. The fourth-order valence-corrected chi connectivity index (χ4v) is 3.01. The SMILES string of the molecule is CN(CC(=O)NC(C)(C)C)C(=O)NCc1ccc2c(c1)CCCN2C. The molecule has 1 heterocycles. The molecule has 6 heteroatoms. The van der Waals surface area contributed by atoms with Crippen molar-refractivity contribution in [1.29, 1.82) is 0 Å². The van der Waals surface area contributed by atoms with Crippen LogP contribution in [0.25, 0.3) is 0 Å². The molecule has 25 heavy (non-hydrogen) atoms. The predicted molar refractivity (Wildman–Crippen MR) is 101 cm³/mol. The Bertz CT molecular complexity index is 637. The number of hydrogen-bond acceptors (Lipinski definition) is 3. The van der Waals surface area contributed by atoms with E-state index < -0.39 is 0 Å². The van der Waals surface area contributed by atoms with E-state index in [1.807, 2.05) is 26.8 Å². The van der Waals surface area contributed by atoms with Gasteiger partial charge in [-0.1, -0.05) is 12.1 Å². The van der Waals surface area contributed by atoms with Gasteiger partial charge < -0.3 is 20.4 Å². The molecule has 138 valence electrons. The maximum Gasteiger partial charge on any atom is 0.317 e. The monoisotopic (exact) mass is 346 g/mol. The van der Waals surface area contributed by atoms with Gasteiger partial charge in [0.25, 0.3) is 0 Å². The van der Waals surface area contributed by atoms with Gasteiger partial charge in [-0.05, 0) is 50.8 Å². The van der Waals surface area contributed by atoms with Gasteiger partial charge in [0.05, 0.1) is 0 Å². The van der Waals surface area contributed by atoms with Crippen molar-refractivity contribution < 1.29 is 9.59 Å². The number of anilines is 1. The van der Waals surface area contributed by atoms with E-state index in [-0.39, 0.29) is 24.0 Å². The number of rotatable bonds is 4. The number of fused-ring (bicyclic) bond motifs is 1. The summed E-state index contributed by atoms with van der Waals surface area (Å²) in [5.41, 5.74) is 3.38. The average molecular weight is 346 g/mol. The van der Waals surface area contributed by atoms with Crippen LogP contribution < -0.4 is 15.5 Å². The molecule has 1 aliphatic heterocycles. The Balaban J connectivity index is 1.86. The summed E-state index contributed by atoms with van der Waals surface area (Å²) < 4.78 is 0. The number of aryl methyl sites for hydroxylation is 1. The third kappa shape index (κ3) is 5.66. The van der Waals surface area contributed by atoms with E-state index in [0.29, 0.717) is 6.54 Å². The first-order valence-corrected chi connectivity index (χ1v) is 8.78. The molecular formula is C19H30N4O2. The first-order chi connectivity index (χ1) is 11.7. The lowest BCUT2D eigenvalue weighted by Crippen LogP contribution is -2.48. The number of nitrogens with one attached hydrogen (secondary N) is 2. The molecule has 0 spiro atoms. The van der Waals surface area contributed by atoms with Gasteiger partial charge in [0.15, 0.2) is 0 Å². The van der Waals surface area contributed by atoms with E-state index in [9.17, 15) is 9.59 Å². The van der Waals surface area contributed by atoms with Crippen LogP contribution in [0.15, 0.2) is 18.2 Å². The molecule has 0 unspecified atom stereocenters. The topological polar surface area (TPSA) is 64.7 Å². The molecule has 0 atom stereocenters. The van der Waals surface area contributed by atoms with Crippen molar-refractivity contribution in [2.75, 3.05) is 32.1 Å². The highest BCUT2D eigenvalue weighted by Gasteiger charge is 2.18. The fraction of sp³-hybridized carbons (Fsp3) is 0.579. The van der Waals surface area contributed by atoms with E-state index in [1.165, 1.54) is 16.2 Å². The molecule has 0 fully saturated rings. The summed E-state index contributed by atoms with van der Waals surface area (Å²) in [5.74, 6) is -0.165. The van der Waals surface area contributed by atoms with Crippen LogP contribution in [0.3, 0.4) is 0 Å². The molecule has 0 aliphatic carbocycles. The second-order valence-corrected chi connectivity index (χ2v) is 7.80. The van der Waals surface area contributed by atoms with Gasteiger partial charge in [0.2, 0.25) is 5.91 Å². The molecule has 0 bridgehead atoms. The van der Waals surface area contributed by atoms with Crippen LogP contribution in [0.2, 0.25) is 0 Å². The first-order valence-electron chi connectivity index (χ1n) is 8.78. The molecule has 0 saturated heterocycles. The zero-order valence-electron chi connectivity index (χ0n) is 16.0. The van der Waals surface area contributed by atoms with Crippen molar-refractivity contribution in [2.45, 2.75) is 45.7 Å². The highest BCUT2D eigenvalue weighted by molar-refractivity contribution is 5.84. The van der Waals surface area contributed by atoms with Crippen LogP contribution in [-0.4, -0.2) is 49.6 Å². The molecule has 3 amide bonds. The Hall–Kier alpha value is -2.24. The van der Waals surface area contributed by atoms with Gasteiger partial charge in [0, 0.05) is 38.4 Å². The van der Waals surface area contributed by atoms with Crippen molar-refractivity contribution in [1.82, 2.24) is 15.5 Å². The van der Waals surface area contributed by atoms with E-state index >= 15 is 0 Å². The summed E-state index contributed by atoms with van der Waals surface area (Å²) >= 11 is 0. The Morgan fingerprint density at radius 3 is 2.68 bits per heavy atom. The Morgan fingerprint density at radius 2 is 2.00 bits per heavy atom. The summed E-state index contributed by atoms with van der Waals surface area (Å²) in [5, 5.41) is 5.73. The average Bonchev–Trinajstić information content (AvgIpc) is 2.50. The predicted octanol–water partition coefficient (Wildman–Crippen LogP) is 2.13. The minimum atomic E-state index is -0.301. The Kier molecular flexibility index (Phi) is 5.93. The normalized spacial score (nSPS) is 13.9. The van der Waals surface area contributed by atoms with Gasteiger partial charge >= 0.3 is 6.03 Å². The van der Waals surface area contributed by atoms with Gasteiger partial charge in [0.1, 0.15) is 6.54 Å². The van der Waals surface area contributed by atoms with E-state index in [0.717, 1.165) is 24.9 Å². The lowest BCUT2D eigenvalue weighted by molar-refractivity contribution is -0.122. The third-order valence-electron chi connectivity index (χ3n) is 4.18. The number of benzene rings is 1. The van der Waals surface area contributed by atoms with E-state index in [2.05, 4.69) is 34.7 Å². The fourth-order valence-electron chi connectivity index (χ4n) is 3.01. The third-order valence-corrected chi connectivity index (χ3v) is 4.18. The number of nitrogens with zero attached hydrogens (tertiary/aromatic N) is 2. The summed E-state index contributed by atoms with van der Waals surface area (Å²) in [6, 6.07) is 6.08. The molecule has 0 saturated carbocycles. The number of carbonyl (C=O) groups excluding carboxylic acids is 2. The van der Waals surface area contributed by atoms with Gasteiger partial charge in [-0.25, -0.2) is 4.79 Å². The number of amides is 3. The van der Waals surface area contributed by atoms with Crippen molar-refractivity contribution in [3.05, 3.63) is 29.3 Å². The van der Waals surface area contributed by atoms with Crippen LogP contribution in [0.5, 0.6) is 0 Å². The summed E-state index contributed by atoms with van der Waals surface area (Å²) in [4.78, 5) is 27.7. The second-order valence-electron chi connectivity index (χ2n) is 7.80. The summed E-state index contributed by atoms with van der Waals surface area (Å²) in [7, 11) is 3.73. The number of hydrogen-bond donors (Lipinski definition) is 2. The smallest absolute Gasteiger partial charge is 0.317 e. The second kappa shape index (κ2) is 7.76. The Morgan fingerprint density at radius 1 is 1.28 bits per heavy atom. The number of likely N-dealkylation sites (N-methyl/N-ethyl adjacent to an activating group) is 1. The van der Waals surface area contributed by atoms with Crippen molar-refractivity contribution in [2.24, 2.45) is 0 Å². The molecular weight excluding hydrogens is 316 g/mol. The van der Waals surface area contributed by atoms with Crippen molar-refractivity contribution in [3.63, 3.8) is 0 Å². The number of carbonyl (C=O) groups is 2. The summed E-state index contributed by atoms with van der Waals surface area (Å²) in [6.07, 6.45) is 2.24. The van der Waals surface area contributed by atoms with Crippen LogP contribution in [0, 0.1) is 0 Å². The lowest BCUT2D eigenvalue weighted by Gasteiger charge is -2.28. The summed E-state index contributed by atoms with van der Waals surface area (Å²) in [6.45, 7) is 7.33. The van der Waals surface area contributed by atoms with Crippen LogP contribution >= 0.6 is 0 Å². The van der Waals surface area contributed by atoms with Gasteiger partial charge in [-0.2, -0.15) is 0 Å². The van der Waals surface area contributed by atoms with E-state index in [4.69, 9.17) is 0 Å². The van der Waals surface area contributed by atoms with Crippen LogP contribution in [0.4, 0.5) is 10.5 Å². The highest BCUT2D eigenvalue weighted by Crippen LogP contribution is 2.26. The lowest BCUT2D eigenvalue weighted by atomic mass is 9.99. The zero-order valence-corrected chi connectivity index (χ0v) is 16.0. The molecule has 6 nitrogen and oxygen atoms in total. The number of urea groups is 1. The zero-order chi connectivity index (χ0) is 18.6. The molecule has 0 aromatic heterocycles. The van der Waals surface area contributed by atoms with Crippen molar-refractivity contribution in [3.8, 4) is 0 Å². The highest BCUT2D eigenvalue weighted by atomic mass is 16.2. The maximum atomic E-state index is 12.2. The van der Waals surface area contributed by atoms with Crippen LogP contribution in [-0.2, 0) is 17.8 Å². The van der Waals surface area contributed by atoms with Crippen molar-refractivity contribution >= 4 is 17.6 Å². The molecule has 0 radical (unpaired) electrons. The Labute approximate surface area is 150 Å². The maximum absolute atomic E-state index is 12.2. The quantitative estimate of drug-likeness (QED) is 0.878. The standard InChI is InChI=1S/C19H30N4O2/c1-19(2,3)21-17(24)13-23(5)18(25)20-12-14-8-9-16-15(11-14)7-6-10-22(16)4/h8-9,11H,6-7,10,12-13H2,1-5H3,(H,20,25)(H,21,24). The molecule has 2 N–H and O–H groups in total. The largest absolute Gasteiger partial charge is 0.374 e. The first kappa shape index (κ1) is 19.1. The molecule has 2 rings (SSSR count). The van der Waals surface area contributed by atoms with Crippen LogP contribution in [0.1, 0.15) is 38.3 Å². The minimum absolute atomic E-state index is 0.0398. The molecule has 1 aromatic carbocycles. The van der Waals surface area contributed by atoms with Gasteiger partial charge in [-0.15, -0.1) is 0 Å². The van der Waals surface area contributed by atoms with E-state index in [1.54, 1.807) is 7.05 Å². The minimum Gasteiger partial charge on any atom is -0.374 e. The molecule has 1 aromatic rings. The van der Waals surface area contributed by atoms with Gasteiger partial charge in [-0.3, -0.25) is 4.79 Å².